The van der Waals surface area contributed by atoms with E-state index in [4.69, 9.17) is 9.84 Å². The summed E-state index contributed by atoms with van der Waals surface area (Å²) < 4.78 is 5.54. The summed E-state index contributed by atoms with van der Waals surface area (Å²) in [5.74, 6) is -0.795. The quantitative estimate of drug-likeness (QED) is 0.845. The lowest BCUT2D eigenvalue weighted by Gasteiger charge is -2.25. The zero-order valence-corrected chi connectivity index (χ0v) is 12.9. The number of carboxylic acids is 1. The van der Waals surface area contributed by atoms with Gasteiger partial charge in [-0.3, -0.25) is 9.59 Å². The summed E-state index contributed by atoms with van der Waals surface area (Å²) in [7, 11) is 0. The first-order valence-electron chi connectivity index (χ1n) is 7.86. The van der Waals surface area contributed by atoms with Gasteiger partial charge in [-0.2, -0.15) is 0 Å². The van der Waals surface area contributed by atoms with Gasteiger partial charge in [-0.1, -0.05) is 19.4 Å². The average Bonchev–Trinajstić information content (AvgIpc) is 2.53. The van der Waals surface area contributed by atoms with Crippen LogP contribution in [0.15, 0.2) is 24.3 Å². The summed E-state index contributed by atoms with van der Waals surface area (Å²) >= 11 is 0. The van der Waals surface area contributed by atoms with E-state index < -0.39 is 11.9 Å². The van der Waals surface area contributed by atoms with Crippen molar-refractivity contribution in [2.75, 3.05) is 11.9 Å². The van der Waals surface area contributed by atoms with E-state index in [0.29, 0.717) is 25.1 Å². The van der Waals surface area contributed by atoms with Crippen molar-refractivity contribution in [3.8, 4) is 5.75 Å². The third kappa shape index (κ3) is 4.48. The minimum Gasteiger partial charge on any atom is -0.494 e. The van der Waals surface area contributed by atoms with Gasteiger partial charge >= 0.3 is 5.97 Å². The minimum absolute atomic E-state index is 0.0985. The molecule has 0 aliphatic heterocycles. The van der Waals surface area contributed by atoms with Gasteiger partial charge in [0.1, 0.15) is 5.75 Å². The number of ether oxygens (including phenoxy) is 1. The fourth-order valence-corrected chi connectivity index (χ4v) is 2.78. The monoisotopic (exact) mass is 305 g/mol. The normalized spacial score (nSPS) is 21.1. The molecule has 0 heterocycles. The van der Waals surface area contributed by atoms with Gasteiger partial charge in [0.15, 0.2) is 0 Å². The Morgan fingerprint density at radius 2 is 2.09 bits per heavy atom. The zero-order valence-electron chi connectivity index (χ0n) is 12.9. The van der Waals surface area contributed by atoms with E-state index in [1.54, 1.807) is 6.07 Å². The van der Waals surface area contributed by atoms with Crippen molar-refractivity contribution >= 4 is 17.6 Å². The van der Waals surface area contributed by atoms with Gasteiger partial charge in [0.25, 0.3) is 0 Å². The van der Waals surface area contributed by atoms with Gasteiger partial charge < -0.3 is 15.2 Å². The van der Waals surface area contributed by atoms with Gasteiger partial charge in [0.2, 0.25) is 5.91 Å². The molecule has 1 fully saturated rings. The minimum atomic E-state index is -0.799. The van der Waals surface area contributed by atoms with E-state index in [-0.39, 0.29) is 11.8 Å². The molecule has 2 rings (SSSR count). The third-order valence-corrected chi connectivity index (χ3v) is 3.97. The smallest absolute Gasteiger partial charge is 0.306 e. The Hall–Kier alpha value is -2.04. The van der Waals surface area contributed by atoms with Crippen LogP contribution in [0, 0.1) is 11.8 Å². The van der Waals surface area contributed by atoms with Crippen LogP contribution < -0.4 is 10.1 Å². The molecule has 1 aliphatic rings. The van der Waals surface area contributed by atoms with Crippen molar-refractivity contribution in [2.24, 2.45) is 11.8 Å². The highest BCUT2D eigenvalue weighted by Gasteiger charge is 2.31. The van der Waals surface area contributed by atoms with Crippen LogP contribution >= 0.6 is 0 Å². The number of hydrogen-bond acceptors (Lipinski definition) is 3. The first kappa shape index (κ1) is 16.3. The van der Waals surface area contributed by atoms with E-state index >= 15 is 0 Å². The Balaban J connectivity index is 1.95. The number of nitrogens with one attached hydrogen (secondary N) is 1. The fraction of sp³-hybridized carbons (Fsp3) is 0.529. The summed E-state index contributed by atoms with van der Waals surface area (Å²) in [4.78, 5) is 23.4. The summed E-state index contributed by atoms with van der Waals surface area (Å²) in [6.07, 6.45) is 3.55. The van der Waals surface area contributed by atoms with E-state index in [1.807, 2.05) is 25.1 Å². The Bertz CT molecular complexity index is 529. The van der Waals surface area contributed by atoms with Crippen molar-refractivity contribution in [1.29, 1.82) is 0 Å². The first-order valence-corrected chi connectivity index (χ1v) is 7.86. The second-order valence-electron chi connectivity index (χ2n) is 5.76. The maximum Gasteiger partial charge on any atom is 0.306 e. The molecule has 2 atom stereocenters. The van der Waals surface area contributed by atoms with E-state index in [9.17, 15) is 9.59 Å². The zero-order chi connectivity index (χ0) is 15.9. The molecule has 5 heteroatoms. The predicted molar refractivity (Wildman–Crippen MR) is 83.9 cm³/mol. The molecule has 2 unspecified atom stereocenters. The van der Waals surface area contributed by atoms with Crippen LogP contribution in [-0.2, 0) is 9.59 Å². The Morgan fingerprint density at radius 3 is 2.82 bits per heavy atom. The van der Waals surface area contributed by atoms with Crippen LogP contribution in [0.2, 0.25) is 0 Å². The van der Waals surface area contributed by atoms with Crippen molar-refractivity contribution in [3.63, 3.8) is 0 Å². The van der Waals surface area contributed by atoms with Crippen molar-refractivity contribution in [1.82, 2.24) is 0 Å². The topological polar surface area (TPSA) is 75.6 Å². The first-order chi connectivity index (χ1) is 10.6. The third-order valence-electron chi connectivity index (χ3n) is 3.97. The lowest BCUT2D eigenvalue weighted by atomic mass is 9.81. The number of carbonyl (C=O) groups excluding carboxylic acids is 1. The van der Waals surface area contributed by atoms with E-state index in [2.05, 4.69) is 5.32 Å². The number of aliphatic carboxylic acids is 1. The second kappa shape index (κ2) is 7.82. The Labute approximate surface area is 130 Å². The van der Waals surface area contributed by atoms with Crippen molar-refractivity contribution in [3.05, 3.63) is 24.3 Å². The highest BCUT2D eigenvalue weighted by Crippen LogP contribution is 2.30. The lowest BCUT2D eigenvalue weighted by Crippen LogP contribution is -2.30. The molecule has 0 bridgehead atoms. The van der Waals surface area contributed by atoms with Gasteiger partial charge in [-0.15, -0.1) is 0 Å². The van der Waals surface area contributed by atoms with Crippen molar-refractivity contribution < 1.29 is 19.4 Å². The highest BCUT2D eigenvalue weighted by molar-refractivity contribution is 5.93. The summed E-state index contributed by atoms with van der Waals surface area (Å²) in [6, 6.07) is 7.30. The van der Waals surface area contributed by atoms with Crippen LogP contribution in [0.4, 0.5) is 5.69 Å². The number of carboxylic acid groups (broad SMARTS) is 1. The van der Waals surface area contributed by atoms with Crippen LogP contribution in [0.3, 0.4) is 0 Å². The molecule has 1 aliphatic carbocycles. The largest absolute Gasteiger partial charge is 0.494 e. The Morgan fingerprint density at radius 1 is 1.32 bits per heavy atom. The summed E-state index contributed by atoms with van der Waals surface area (Å²) in [6.45, 7) is 2.67. The molecule has 0 aromatic heterocycles. The van der Waals surface area contributed by atoms with Gasteiger partial charge in [0, 0.05) is 17.7 Å². The average molecular weight is 305 g/mol. The maximum atomic E-state index is 12.3. The molecular formula is C17H23NO4. The number of carbonyl (C=O) groups is 2. The van der Waals surface area contributed by atoms with Gasteiger partial charge in [-0.05, 0) is 37.8 Å². The molecule has 0 radical (unpaired) electrons. The molecule has 2 N–H and O–H groups in total. The van der Waals surface area contributed by atoms with Crippen LogP contribution in [0.1, 0.15) is 39.0 Å². The standard InChI is InChI=1S/C17H23NO4/c1-2-9-22-15-8-4-7-14(11-15)18-16(19)12-5-3-6-13(10-12)17(20)21/h4,7-8,11-13H,2-3,5-6,9-10H2,1H3,(H,18,19)(H,20,21). The second-order valence-corrected chi connectivity index (χ2v) is 5.76. The van der Waals surface area contributed by atoms with E-state index in [0.717, 1.165) is 25.0 Å². The van der Waals surface area contributed by atoms with Crippen LogP contribution in [0.5, 0.6) is 5.75 Å². The molecule has 120 valence electrons. The number of hydrogen-bond donors (Lipinski definition) is 2. The molecular weight excluding hydrogens is 282 g/mol. The predicted octanol–water partition coefficient (Wildman–Crippen LogP) is 3.30. The van der Waals surface area contributed by atoms with Crippen LogP contribution in [0.25, 0.3) is 0 Å². The summed E-state index contributed by atoms with van der Waals surface area (Å²) in [5, 5.41) is 12.0. The highest BCUT2D eigenvalue weighted by atomic mass is 16.5. The molecule has 1 amide bonds. The molecule has 5 nitrogen and oxygen atoms in total. The van der Waals surface area contributed by atoms with E-state index in [1.165, 1.54) is 0 Å². The molecule has 1 saturated carbocycles. The number of anilines is 1. The van der Waals surface area contributed by atoms with Gasteiger partial charge in [-0.25, -0.2) is 0 Å². The lowest BCUT2D eigenvalue weighted by molar-refractivity contribution is -0.143. The maximum absolute atomic E-state index is 12.3. The summed E-state index contributed by atoms with van der Waals surface area (Å²) in [5.41, 5.74) is 0.691. The molecule has 1 aromatic rings. The number of amides is 1. The SMILES string of the molecule is CCCOc1cccc(NC(=O)C2CCCC(C(=O)O)C2)c1. The molecule has 0 spiro atoms. The van der Waals surface area contributed by atoms with Crippen molar-refractivity contribution in [2.45, 2.75) is 39.0 Å². The molecule has 22 heavy (non-hydrogen) atoms. The fourth-order valence-electron chi connectivity index (χ4n) is 2.78. The molecule has 1 aromatic carbocycles. The number of rotatable bonds is 6. The van der Waals surface area contributed by atoms with Gasteiger partial charge in [0.05, 0.1) is 12.5 Å². The molecule has 0 saturated heterocycles. The Kier molecular flexibility index (Phi) is 5.81. The van der Waals surface area contributed by atoms with Crippen LogP contribution in [-0.4, -0.2) is 23.6 Å². The number of benzene rings is 1.